The Bertz CT molecular complexity index is 1850. The Morgan fingerprint density at radius 1 is 0.800 bits per heavy atom. The first-order valence-corrected chi connectivity index (χ1v) is 17.7. The van der Waals surface area contributed by atoms with Crippen molar-refractivity contribution in [1.29, 1.82) is 0 Å². The molecule has 3 aromatic heterocycles. The molecule has 1 aromatic carbocycles. The van der Waals surface area contributed by atoms with Gasteiger partial charge < -0.3 is 34.8 Å². The molecule has 0 bridgehead atoms. The third-order valence-corrected chi connectivity index (χ3v) is 10.4. The first kappa shape index (κ1) is 32.0. The van der Waals surface area contributed by atoms with E-state index in [2.05, 4.69) is 48.0 Å². The van der Waals surface area contributed by atoms with Crippen LogP contribution in [0.15, 0.2) is 70.0 Å². The quantitative estimate of drug-likeness (QED) is 0.191. The molecular formula is C37H42N8O5. The second-order valence-electron chi connectivity index (χ2n) is 14.3. The summed E-state index contributed by atoms with van der Waals surface area (Å²) in [6.07, 6.45) is 8.72. The van der Waals surface area contributed by atoms with Gasteiger partial charge in [0.25, 0.3) is 11.8 Å². The molecule has 13 nitrogen and oxygen atoms in total. The van der Waals surface area contributed by atoms with E-state index in [4.69, 9.17) is 9.05 Å². The van der Waals surface area contributed by atoms with Gasteiger partial charge in [0.1, 0.15) is 11.5 Å². The number of para-hydroxylation sites is 2. The molecule has 50 heavy (non-hydrogen) atoms. The maximum Gasteiger partial charge on any atom is 0.273 e. The van der Waals surface area contributed by atoms with Crippen LogP contribution in [0, 0.1) is 11.8 Å². The third-order valence-electron chi connectivity index (χ3n) is 10.4. The number of anilines is 3. The topological polar surface area (TPSA) is 159 Å². The maximum absolute atomic E-state index is 13.5. The van der Waals surface area contributed by atoms with Crippen molar-refractivity contribution in [2.45, 2.75) is 69.4 Å². The van der Waals surface area contributed by atoms with E-state index in [1.165, 1.54) is 0 Å². The molecule has 4 fully saturated rings. The van der Waals surface area contributed by atoms with Gasteiger partial charge in [0.2, 0.25) is 5.91 Å². The summed E-state index contributed by atoms with van der Waals surface area (Å²) in [5.41, 5.74) is 3.22. The highest BCUT2D eigenvalue weighted by Crippen LogP contribution is 2.41. The smallest absolute Gasteiger partial charge is 0.273 e. The number of nitrogens with one attached hydrogen (secondary N) is 3. The molecule has 3 amide bonds. The van der Waals surface area contributed by atoms with Crippen molar-refractivity contribution in [3.05, 3.63) is 83.8 Å². The average Bonchev–Trinajstić information content (AvgIpc) is 3.95. The predicted octanol–water partition coefficient (Wildman–Crippen LogP) is 4.72. The molecule has 0 unspecified atom stereocenters. The number of benzene rings is 1. The molecule has 0 radical (unpaired) electrons. The molecular weight excluding hydrogens is 636 g/mol. The number of carbonyl (C=O) groups is 3. The average molecular weight is 679 g/mol. The first-order chi connectivity index (χ1) is 24.4. The molecule has 2 saturated heterocycles. The molecule has 0 spiro atoms. The Labute approximate surface area is 290 Å². The number of amides is 3. The van der Waals surface area contributed by atoms with Crippen LogP contribution in [-0.2, 0) is 4.79 Å². The van der Waals surface area contributed by atoms with E-state index in [1.54, 1.807) is 18.3 Å². The summed E-state index contributed by atoms with van der Waals surface area (Å²) in [5, 5.41) is 17.5. The molecule has 4 aliphatic rings. The summed E-state index contributed by atoms with van der Waals surface area (Å²) in [7, 11) is 0. The molecule has 4 aromatic rings. The molecule has 8 rings (SSSR count). The van der Waals surface area contributed by atoms with Crippen molar-refractivity contribution in [2.75, 3.05) is 41.3 Å². The fourth-order valence-corrected chi connectivity index (χ4v) is 7.21. The molecule has 2 saturated carbocycles. The highest BCUT2D eigenvalue weighted by molar-refractivity contribution is 5.95. The lowest BCUT2D eigenvalue weighted by atomic mass is 9.97. The Morgan fingerprint density at radius 3 is 2.12 bits per heavy atom. The van der Waals surface area contributed by atoms with Gasteiger partial charge in [0, 0.05) is 62.8 Å². The molecule has 5 heterocycles. The second-order valence-corrected chi connectivity index (χ2v) is 14.3. The van der Waals surface area contributed by atoms with Crippen molar-refractivity contribution in [3.8, 4) is 0 Å². The van der Waals surface area contributed by atoms with Crippen LogP contribution >= 0.6 is 0 Å². The zero-order valence-corrected chi connectivity index (χ0v) is 28.1. The molecule has 4 atom stereocenters. The SMILES string of the molecule is C[C@H]1CN(c2ccccc2NC(=O)CC[C@H]2CN(c3cccnc3)C[C@H]2NC(=O)c2cc(C3CC3)on2)C[C@H]1NC(=O)c1cc(C2CC2)on1. The molecule has 260 valence electrons. The highest BCUT2D eigenvalue weighted by atomic mass is 16.5. The zero-order chi connectivity index (χ0) is 34.2. The summed E-state index contributed by atoms with van der Waals surface area (Å²) >= 11 is 0. The van der Waals surface area contributed by atoms with Gasteiger partial charge in [-0.25, -0.2) is 0 Å². The second kappa shape index (κ2) is 13.6. The van der Waals surface area contributed by atoms with Gasteiger partial charge in [-0.2, -0.15) is 0 Å². The van der Waals surface area contributed by atoms with Crippen LogP contribution in [0.5, 0.6) is 0 Å². The van der Waals surface area contributed by atoms with Crippen LogP contribution in [-0.4, -0.2) is 71.3 Å². The number of carbonyl (C=O) groups excluding carboxylic acids is 3. The van der Waals surface area contributed by atoms with Gasteiger partial charge in [-0.3, -0.25) is 19.4 Å². The fraction of sp³-hybridized carbons (Fsp3) is 0.459. The number of nitrogens with zero attached hydrogens (tertiary/aromatic N) is 5. The van der Waals surface area contributed by atoms with E-state index in [0.717, 1.165) is 60.8 Å². The van der Waals surface area contributed by atoms with E-state index in [0.29, 0.717) is 49.3 Å². The van der Waals surface area contributed by atoms with E-state index in [9.17, 15) is 14.4 Å². The fourth-order valence-electron chi connectivity index (χ4n) is 7.21. The van der Waals surface area contributed by atoms with Gasteiger partial charge in [0.05, 0.1) is 35.3 Å². The number of rotatable bonds is 12. The largest absolute Gasteiger partial charge is 0.368 e. The Hall–Kier alpha value is -5.20. The van der Waals surface area contributed by atoms with E-state index >= 15 is 0 Å². The maximum atomic E-state index is 13.5. The van der Waals surface area contributed by atoms with E-state index < -0.39 is 0 Å². The third kappa shape index (κ3) is 7.08. The summed E-state index contributed by atoms with van der Waals surface area (Å²) in [6, 6.07) is 14.9. The number of hydrogen-bond acceptors (Lipinski definition) is 10. The minimum Gasteiger partial charge on any atom is -0.368 e. The van der Waals surface area contributed by atoms with E-state index in [-0.39, 0.29) is 48.1 Å². The molecule has 2 aliphatic heterocycles. The Kier molecular flexibility index (Phi) is 8.71. The lowest BCUT2D eigenvalue weighted by Crippen LogP contribution is -2.41. The standard InChI is InChI=1S/C37H42N8O5/c1-22-18-45(20-30(22)40-36(47)28-15-33(49-42-28)23-8-9-23)32-7-3-2-6-27(32)39-35(46)13-12-25-19-44(26-5-4-14-38-17-26)21-31(25)41-37(48)29-16-34(50-43-29)24-10-11-24/h2-7,14-17,22-25,30-31H,8-13,18-21H2,1H3,(H,39,46)(H,40,47)(H,41,48)/t22-,25-,30+,31+/m0/s1. The zero-order valence-electron chi connectivity index (χ0n) is 28.1. The molecule has 2 aliphatic carbocycles. The summed E-state index contributed by atoms with van der Waals surface area (Å²) in [4.78, 5) is 48.3. The summed E-state index contributed by atoms with van der Waals surface area (Å²) in [5.74, 6) is 1.95. The van der Waals surface area contributed by atoms with Crippen molar-refractivity contribution >= 4 is 34.8 Å². The summed E-state index contributed by atoms with van der Waals surface area (Å²) < 4.78 is 10.8. The lowest BCUT2D eigenvalue weighted by molar-refractivity contribution is -0.116. The van der Waals surface area contributed by atoms with Gasteiger partial charge in [-0.1, -0.05) is 29.4 Å². The lowest BCUT2D eigenvalue weighted by Gasteiger charge is -2.23. The number of hydrogen-bond donors (Lipinski definition) is 3. The van der Waals surface area contributed by atoms with Crippen molar-refractivity contribution in [2.24, 2.45) is 11.8 Å². The monoisotopic (exact) mass is 678 g/mol. The van der Waals surface area contributed by atoms with Crippen LogP contribution in [0.2, 0.25) is 0 Å². The highest BCUT2D eigenvalue weighted by Gasteiger charge is 2.37. The van der Waals surface area contributed by atoms with Crippen LogP contribution < -0.4 is 25.8 Å². The van der Waals surface area contributed by atoms with E-state index in [1.807, 2.05) is 42.6 Å². The Morgan fingerprint density at radius 2 is 1.46 bits per heavy atom. The predicted molar refractivity (Wildman–Crippen MR) is 185 cm³/mol. The van der Waals surface area contributed by atoms with Crippen molar-refractivity contribution < 1.29 is 23.4 Å². The number of pyridine rings is 1. The van der Waals surface area contributed by atoms with Gasteiger partial charge >= 0.3 is 0 Å². The normalized spacial score (nSPS) is 23.2. The Balaban J connectivity index is 0.890. The van der Waals surface area contributed by atoms with Crippen LogP contribution in [0.25, 0.3) is 0 Å². The van der Waals surface area contributed by atoms with Crippen molar-refractivity contribution in [3.63, 3.8) is 0 Å². The van der Waals surface area contributed by atoms with Crippen LogP contribution in [0.3, 0.4) is 0 Å². The van der Waals surface area contributed by atoms with Gasteiger partial charge in [-0.05, 0) is 68.2 Å². The molecule has 3 N–H and O–H groups in total. The molecule has 13 heteroatoms. The van der Waals surface area contributed by atoms with Crippen LogP contribution in [0.4, 0.5) is 17.1 Å². The van der Waals surface area contributed by atoms with Gasteiger partial charge in [-0.15, -0.1) is 0 Å². The number of aromatic nitrogens is 3. The minimum atomic E-state index is -0.263. The first-order valence-electron chi connectivity index (χ1n) is 17.7. The van der Waals surface area contributed by atoms with Crippen molar-refractivity contribution in [1.82, 2.24) is 25.9 Å². The summed E-state index contributed by atoms with van der Waals surface area (Å²) in [6.45, 7) is 4.73. The van der Waals surface area contributed by atoms with Crippen LogP contribution in [0.1, 0.15) is 89.8 Å². The van der Waals surface area contributed by atoms with Gasteiger partial charge in [0.15, 0.2) is 11.4 Å². The minimum absolute atomic E-state index is 0.0313.